The van der Waals surface area contributed by atoms with Crippen molar-refractivity contribution in [2.75, 3.05) is 24.7 Å². The van der Waals surface area contributed by atoms with Crippen molar-refractivity contribution >= 4 is 29.0 Å². The zero-order chi connectivity index (χ0) is 30.2. The number of benzene rings is 2. The molecule has 2 aromatic carbocycles. The minimum atomic E-state index is -0.530. The molecule has 0 spiro atoms. The van der Waals surface area contributed by atoms with E-state index in [0.29, 0.717) is 46.6 Å². The molecule has 0 saturated heterocycles. The maximum Gasteiger partial charge on any atom is 0.212 e. The summed E-state index contributed by atoms with van der Waals surface area (Å²) in [5.74, 6) is -0.122. The maximum atomic E-state index is 15.5. The lowest BCUT2D eigenvalue weighted by atomic mass is 10.0. The molecule has 2 aromatic heterocycles. The average Bonchev–Trinajstić information content (AvgIpc) is 2.98. The van der Waals surface area contributed by atoms with Crippen molar-refractivity contribution in [3.8, 4) is 22.3 Å². The number of nitrogen functional groups attached to an aromatic ring is 1. The largest absolute Gasteiger partial charge is 0.404 e. The number of anilines is 3. The first kappa shape index (κ1) is 30.2. The first-order valence-corrected chi connectivity index (χ1v) is 13.9. The first-order chi connectivity index (χ1) is 20.3. The molecule has 0 bridgehead atoms. The van der Waals surface area contributed by atoms with E-state index in [-0.39, 0.29) is 29.3 Å². The van der Waals surface area contributed by atoms with Gasteiger partial charge in [0, 0.05) is 84.7 Å². The Kier molecular flexibility index (Phi) is 9.88. The number of nitrogens with one attached hydrogen (secondary N) is 1. The second-order valence-corrected chi connectivity index (χ2v) is 10.2. The van der Waals surface area contributed by atoms with E-state index in [2.05, 4.69) is 22.2 Å². The van der Waals surface area contributed by atoms with Crippen molar-refractivity contribution in [1.29, 1.82) is 0 Å². The quantitative estimate of drug-likeness (QED) is 0.170. The molecule has 1 atom stereocenters. The molecule has 218 valence electrons. The van der Waals surface area contributed by atoms with Crippen LogP contribution < -0.4 is 22.2 Å². The SMILES string of the molecule is CCC(CCO)Cn1cc(Nc2ccc(-c3cc(C(C=NC)=CN)cnc3N)c(F)c2)c(=O)c(-c2ccc(C)cc2)c1. The zero-order valence-electron chi connectivity index (χ0n) is 24.1. The molecule has 8 nitrogen and oxygen atoms in total. The van der Waals surface area contributed by atoms with Gasteiger partial charge in [-0.3, -0.25) is 9.79 Å². The van der Waals surface area contributed by atoms with Gasteiger partial charge in [-0.05, 0) is 49.1 Å². The van der Waals surface area contributed by atoms with Crippen LogP contribution in [0.5, 0.6) is 0 Å². The van der Waals surface area contributed by atoms with Crippen LogP contribution in [0.1, 0.15) is 30.9 Å². The number of aryl methyl sites for hydroxylation is 1. The first-order valence-electron chi connectivity index (χ1n) is 13.9. The molecule has 0 amide bonds. The van der Waals surface area contributed by atoms with E-state index in [1.165, 1.54) is 12.3 Å². The summed E-state index contributed by atoms with van der Waals surface area (Å²) in [6.07, 6.45) is 9.68. The molecule has 4 rings (SSSR count). The second kappa shape index (κ2) is 13.7. The van der Waals surface area contributed by atoms with Gasteiger partial charge in [-0.25, -0.2) is 9.37 Å². The van der Waals surface area contributed by atoms with Crippen LogP contribution in [-0.4, -0.2) is 34.5 Å². The third kappa shape index (κ3) is 6.92. The number of aliphatic imine (C=N–C) groups is 1. The third-order valence-electron chi connectivity index (χ3n) is 7.26. The van der Waals surface area contributed by atoms with Gasteiger partial charge >= 0.3 is 0 Å². The van der Waals surface area contributed by atoms with E-state index in [1.54, 1.807) is 43.9 Å². The topological polar surface area (TPSA) is 132 Å². The number of allylic oxidation sites excluding steroid dienone is 1. The molecule has 0 aliphatic carbocycles. The number of aliphatic hydroxyl groups excluding tert-OH is 1. The van der Waals surface area contributed by atoms with Crippen molar-refractivity contribution in [2.45, 2.75) is 33.2 Å². The number of aliphatic hydroxyl groups is 1. The van der Waals surface area contributed by atoms with Gasteiger partial charge in [0.15, 0.2) is 0 Å². The summed E-state index contributed by atoms with van der Waals surface area (Å²) in [7, 11) is 1.63. The van der Waals surface area contributed by atoms with Gasteiger partial charge in [0.1, 0.15) is 17.3 Å². The minimum absolute atomic E-state index is 0.0964. The molecule has 42 heavy (non-hydrogen) atoms. The van der Waals surface area contributed by atoms with Crippen LogP contribution in [0.3, 0.4) is 0 Å². The molecule has 4 aromatic rings. The number of nitrogens with two attached hydrogens (primary N) is 2. The van der Waals surface area contributed by atoms with Gasteiger partial charge in [0.2, 0.25) is 5.43 Å². The molecular weight excluding hydrogens is 531 g/mol. The van der Waals surface area contributed by atoms with Crippen LogP contribution in [0, 0.1) is 18.7 Å². The molecule has 2 heterocycles. The lowest BCUT2D eigenvalue weighted by molar-refractivity contribution is 0.243. The minimum Gasteiger partial charge on any atom is -0.404 e. The summed E-state index contributed by atoms with van der Waals surface area (Å²) >= 11 is 0. The van der Waals surface area contributed by atoms with E-state index < -0.39 is 5.82 Å². The highest BCUT2D eigenvalue weighted by molar-refractivity contribution is 6.10. The number of hydrogen-bond donors (Lipinski definition) is 4. The zero-order valence-corrected chi connectivity index (χ0v) is 24.1. The Morgan fingerprint density at radius 2 is 1.90 bits per heavy atom. The summed E-state index contributed by atoms with van der Waals surface area (Å²) in [6.45, 7) is 4.80. The normalized spacial score (nSPS) is 12.5. The lowest BCUT2D eigenvalue weighted by Gasteiger charge is -2.19. The van der Waals surface area contributed by atoms with Crippen LogP contribution in [0.4, 0.5) is 21.6 Å². The number of hydrogen-bond acceptors (Lipinski definition) is 7. The van der Waals surface area contributed by atoms with E-state index in [1.807, 2.05) is 42.0 Å². The van der Waals surface area contributed by atoms with E-state index >= 15 is 4.39 Å². The van der Waals surface area contributed by atoms with Crippen molar-refractivity contribution < 1.29 is 9.50 Å². The molecular formula is C33H37FN6O2. The molecule has 0 saturated carbocycles. The third-order valence-corrected chi connectivity index (χ3v) is 7.26. The predicted molar refractivity (Wildman–Crippen MR) is 170 cm³/mol. The van der Waals surface area contributed by atoms with E-state index in [0.717, 1.165) is 17.5 Å². The molecule has 0 aliphatic heterocycles. The Balaban J connectivity index is 1.73. The van der Waals surface area contributed by atoms with Crippen molar-refractivity contribution in [2.24, 2.45) is 16.6 Å². The van der Waals surface area contributed by atoms with Gasteiger partial charge in [-0.1, -0.05) is 43.2 Å². The Hall–Kier alpha value is -4.76. The Morgan fingerprint density at radius 1 is 1.14 bits per heavy atom. The van der Waals surface area contributed by atoms with Crippen molar-refractivity contribution in [3.63, 3.8) is 0 Å². The highest BCUT2D eigenvalue weighted by atomic mass is 19.1. The van der Waals surface area contributed by atoms with Gasteiger partial charge in [0.25, 0.3) is 0 Å². The molecule has 1 unspecified atom stereocenters. The van der Waals surface area contributed by atoms with Gasteiger partial charge in [-0.15, -0.1) is 0 Å². The number of pyridine rings is 2. The molecule has 0 radical (unpaired) electrons. The van der Waals surface area contributed by atoms with Crippen molar-refractivity contribution in [1.82, 2.24) is 9.55 Å². The Labute approximate surface area is 245 Å². The summed E-state index contributed by atoms with van der Waals surface area (Å²) in [6, 6.07) is 14.1. The van der Waals surface area contributed by atoms with Gasteiger partial charge in [0.05, 0.1) is 0 Å². The number of aromatic nitrogens is 2. The average molecular weight is 569 g/mol. The number of rotatable bonds is 11. The van der Waals surface area contributed by atoms with Gasteiger partial charge in [-0.2, -0.15) is 0 Å². The summed E-state index contributed by atoms with van der Waals surface area (Å²) < 4.78 is 17.5. The number of nitrogens with zero attached hydrogens (tertiary/aromatic N) is 3. The van der Waals surface area contributed by atoms with E-state index in [4.69, 9.17) is 11.5 Å². The monoisotopic (exact) mass is 568 g/mol. The van der Waals surface area contributed by atoms with E-state index in [9.17, 15) is 9.90 Å². The molecule has 0 fully saturated rings. The summed E-state index contributed by atoms with van der Waals surface area (Å²) in [4.78, 5) is 21.9. The maximum absolute atomic E-state index is 15.5. The fraction of sp³-hybridized carbons (Fsp3) is 0.242. The van der Waals surface area contributed by atoms with Crippen LogP contribution in [-0.2, 0) is 6.54 Å². The Bertz CT molecular complexity index is 1660. The Morgan fingerprint density at radius 3 is 2.55 bits per heavy atom. The second-order valence-electron chi connectivity index (χ2n) is 10.2. The van der Waals surface area contributed by atoms with Crippen LogP contribution in [0.15, 0.2) is 83.1 Å². The lowest BCUT2D eigenvalue weighted by Crippen LogP contribution is -2.18. The van der Waals surface area contributed by atoms with Crippen LogP contribution in [0.2, 0.25) is 0 Å². The summed E-state index contributed by atoms with van der Waals surface area (Å²) in [5.41, 5.74) is 16.7. The highest BCUT2D eigenvalue weighted by Gasteiger charge is 2.16. The number of halogens is 1. The van der Waals surface area contributed by atoms with Crippen LogP contribution in [0.25, 0.3) is 27.8 Å². The smallest absolute Gasteiger partial charge is 0.212 e. The molecule has 6 N–H and O–H groups in total. The van der Waals surface area contributed by atoms with Crippen LogP contribution >= 0.6 is 0 Å². The van der Waals surface area contributed by atoms with Gasteiger partial charge < -0.3 is 26.5 Å². The fourth-order valence-corrected chi connectivity index (χ4v) is 4.84. The van der Waals surface area contributed by atoms with Crippen molar-refractivity contribution in [3.05, 3.63) is 100 Å². The standard InChI is InChI=1S/C33H37FN6O2/c1-4-22(11-12-41)18-40-19-29(23-7-5-21(2)6-8-23)32(42)31(20-40)39-26-9-10-27(30(34)14-26)28-13-24(17-38-33(28)36)25(15-35)16-37-3/h5-10,13-17,19-20,22,39,41H,4,11-12,18,35H2,1-3H3,(H2,36,38). The predicted octanol–water partition coefficient (Wildman–Crippen LogP) is 5.76. The fourth-order valence-electron chi connectivity index (χ4n) is 4.84. The highest BCUT2D eigenvalue weighted by Crippen LogP contribution is 2.32. The molecule has 9 heteroatoms. The molecule has 0 aliphatic rings. The summed E-state index contributed by atoms with van der Waals surface area (Å²) in [5, 5.41) is 12.6.